The number of benzene rings is 2. The van der Waals surface area contributed by atoms with Crippen LogP contribution < -0.4 is 5.32 Å². The summed E-state index contributed by atoms with van der Waals surface area (Å²) in [7, 11) is -0.720. The minimum Gasteiger partial charge on any atom is -0.441 e. The highest BCUT2D eigenvalue weighted by molar-refractivity contribution is 7.89. The summed E-state index contributed by atoms with van der Waals surface area (Å²) in [4.78, 5) is 16.6. The largest absolute Gasteiger partial charge is 0.441 e. The van der Waals surface area contributed by atoms with Crippen LogP contribution >= 0.6 is 0 Å². The predicted octanol–water partition coefficient (Wildman–Crippen LogP) is 3.61. The summed E-state index contributed by atoms with van der Waals surface area (Å²) in [5, 5.41) is 2.73. The Labute approximate surface area is 174 Å². The Kier molecular flexibility index (Phi) is 6.33. The lowest BCUT2D eigenvalue weighted by atomic mass is 10.2. The van der Waals surface area contributed by atoms with Crippen molar-refractivity contribution in [2.24, 2.45) is 0 Å². The van der Waals surface area contributed by atoms with E-state index in [0.29, 0.717) is 22.9 Å². The van der Waals surface area contributed by atoms with Gasteiger partial charge in [-0.1, -0.05) is 18.2 Å². The molecule has 0 fully saturated rings. The van der Waals surface area contributed by atoms with Crippen LogP contribution in [-0.2, 0) is 21.2 Å². The lowest BCUT2D eigenvalue weighted by Gasteiger charge is -2.14. The maximum Gasteiger partial charge on any atom is 0.242 e. The minimum absolute atomic E-state index is 0.0708. The van der Waals surface area contributed by atoms with Crippen LogP contribution in [-0.4, -0.2) is 37.7 Å². The molecule has 0 saturated carbocycles. The van der Waals surface area contributed by atoms with Crippen molar-refractivity contribution in [2.45, 2.75) is 24.7 Å². The summed E-state index contributed by atoms with van der Waals surface area (Å²) < 4.78 is 45.1. The second-order valence-corrected chi connectivity index (χ2v) is 9.06. The summed E-state index contributed by atoms with van der Waals surface area (Å²) >= 11 is 0. The van der Waals surface area contributed by atoms with Gasteiger partial charge in [0.2, 0.25) is 15.9 Å². The predicted molar refractivity (Wildman–Crippen MR) is 111 cm³/mol. The molecule has 0 unspecified atom stereocenters. The van der Waals surface area contributed by atoms with Gasteiger partial charge in [-0.05, 0) is 36.8 Å². The monoisotopic (exact) mass is 431 g/mol. The number of oxazole rings is 1. The number of nitrogens with zero attached hydrogens (tertiary/aromatic N) is 2. The zero-order valence-corrected chi connectivity index (χ0v) is 17.7. The van der Waals surface area contributed by atoms with E-state index >= 15 is 0 Å². The number of amides is 1. The molecule has 1 N–H and O–H groups in total. The molecule has 0 radical (unpaired) electrons. The van der Waals surface area contributed by atoms with E-state index in [0.717, 1.165) is 9.87 Å². The van der Waals surface area contributed by atoms with E-state index in [1.54, 1.807) is 31.2 Å². The lowest BCUT2D eigenvalue weighted by Crippen LogP contribution is -2.22. The first kappa shape index (κ1) is 21.7. The number of rotatable bonds is 7. The molecule has 158 valence electrons. The Morgan fingerprint density at radius 1 is 1.20 bits per heavy atom. The van der Waals surface area contributed by atoms with Crippen LogP contribution in [0.15, 0.2) is 58.0 Å². The van der Waals surface area contributed by atoms with Gasteiger partial charge in [-0.25, -0.2) is 22.1 Å². The number of hydrogen-bond acceptors (Lipinski definition) is 5. The van der Waals surface area contributed by atoms with Crippen LogP contribution in [0.5, 0.6) is 0 Å². The van der Waals surface area contributed by atoms with Crippen molar-refractivity contribution in [1.29, 1.82) is 0 Å². The van der Waals surface area contributed by atoms with Gasteiger partial charge < -0.3 is 9.73 Å². The first-order valence-electron chi connectivity index (χ1n) is 9.21. The van der Waals surface area contributed by atoms with E-state index in [2.05, 4.69) is 10.3 Å². The number of nitrogens with one attached hydrogen (secondary N) is 1. The molecule has 1 aromatic heterocycles. The highest BCUT2D eigenvalue weighted by atomic mass is 32.2. The van der Waals surface area contributed by atoms with Crippen molar-refractivity contribution in [3.8, 4) is 11.3 Å². The van der Waals surface area contributed by atoms with Crippen molar-refractivity contribution in [2.75, 3.05) is 19.4 Å². The molecule has 0 aliphatic rings. The fourth-order valence-electron chi connectivity index (χ4n) is 2.75. The zero-order chi connectivity index (χ0) is 21.9. The molecule has 3 rings (SSSR count). The number of carbonyl (C=O) groups excluding carboxylic acids is 1. The van der Waals surface area contributed by atoms with Gasteiger partial charge in [-0.3, -0.25) is 4.79 Å². The van der Waals surface area contributed by atoms with Gasteiger partial charge in [0.1, 0.15) is 5.82 Å². The Balaban J connectivity index is 1.67. The van der Waals surface area contributed by atoms with Crippen molar-refractivity contribution < 1.29 is 22.0 Å². The molecule has 0 atom stereocenters. The highest BCUT2D eigenvalue weighted by Crippen LogP contribution is 2.24. The number of sulfonamides is 1. The summed E-state index contributed by atoms with van der Waals surface area (Å²) in [5.74, 6) is -0.130. The summed E-state index contributed by atoms with van der Waals surface area (Å²) in [5.41, 5.74) is 1.46. The van der Waals surface area contributed by atoms with Crippen LogP contribution in [0.25, 0.3) is 11.3 Å². The lowest BCUT2D eigenvalue weighted by molar-refractivity contribution is -0.116. The number of aryl methyl sites for hydroxylation is 2. The molecule has 7 nitrogen and oxygen atoms in total. The van der Waals surface area contributed by atoms with E-state index < -0.39 is 15.8 Å². The van der Waals surface area contributed by atoms with Gasteiger partial charge in [0.25, 0.3) is 0 Å². The van der Waals surface area contributed by atoms with Gasteiger partial charge >= 0.3 is 0 Å². The first-order valence-corrected chi connectivity index (χ1v) is 10.6. The molecule has 0 spiro atoms. The second kappa shape index (κ2) is 8.76. The van der Waals surface area contributed by atoms with Gasteiger partial charge in [0, 0.05) is 32.6 Å². The Morgan fingerprint density at radius 2 is 1.93 bits per heavy atom. The van der Waals surface area contributed by atoms with E-state index in [1.807, 2.05) is 0 Å². The summed E-state index contributed by atoms with van der Waals surface area (Å²) in [6, 6.07) is 10.8. The van der Waals surface area contributed by atoms with E-state index in [-0.39, 0.29) is 23.6 Å². The molecule has 9 heteroatoms. The molecule has 0 bridgehead atoms. The normalized spacial score (nSPS) is 11.6. The van der Waals surface area contributed by atoms with Crippen LogP contribution in [0.4, 0.5) is 10.1 Å². The molecule has 1 heterocycles. The number of halogens is 1. The third kappa shape index (κ3) is 4.74. The average molecular weight is 431 g/mol. The topological polar surface area (TPSA) is 92.5 Å². The van der Waals surface area contributed by atoms with Gasteiger partial charge in [0.05, 0.1) is 16.7 Å². The molecule has 2 aromatic carbocycles. The van der Waals surface area contributed by atoms with Crippen molar-refractivity contribution in [3.05, 3.63) is 65.9 Å². The third-order valence-electron chi connectivity index (χ3n) is 4.52. The average Bonchev–Trinajstić information content (AvgIpc) is 3.17. The number of hydrogen-bond donors (Lipinski definition) is 1. The SMILES string of the molecule is Cc1ccc(S(=O)(=O)N(C)C)cc1NC(=O)CCc1ncc(-c2ccccc2F)o1. The fraction of sp³-hybridized carbons (Fsp3) is 0.238. The molecule has 30 heavy (non-hydrogen) atoms. The van der Waals surface area contributed by atoms with E-state index in [1.165, 1.54) is 38.5 Å². The van der Waals surface area contributed by atoms with Crippen LogP contribution in [0.2, 0.25) is 0 Å². The van der Waals surface area contributed by atoms with Crippen LogP contribution in [0.3, 0.4) is 0 Å². The molecule has 3 aromatic rings. The Morgan fingerprint density at radius 3 is 2.63 bits per heavy atom. The smallest absolute Gasteiger partial charge is 0.242 e. The maximum absolute atomic E-state index is 13.8. The van der Waals surface area contributed by atoms with E-state index in [4.69, 9.17) is 4.42 Å². The van der Waals surface area contributed by atoms with Crippen LogP contribution in [0, 0.1) is 12.7 Å². The number of aromatic nitrogens is 1. The van der Waals surface area contributed by atoms with Crippen molar-refractivity contribution in [1.82, 2.24) is 9.29 Å². The summed E-state index contributed by atoms with van der Waals surface area (Å²) in [6.07, 6.45) is 1.71. The minimum atomic E-state index is -3.61. The van der Waals surface area contributed by atoms with Crippen molar-refractivity contribution in [3.63, 3.8) is 0 Å². The highest BCUT2D eigenvalue weighted by Gasteiger charge is 2.19. The quantitative estimate of drug-likeness (QED) is 0.617. The number of carbonyl (C=O) groups is 1. The van der Waals surface area contributed by atoms with Crippen LogP contribution in [0.1, 0.15) is 17.9 Å². The Hall–Kier alpha value is -3.04. The first-order chi connectivity index (χ1) is 14.2. The maximum atomic E-state index is 13.8. The molecular weight excluding hydrogens is 409 g/mol. The molecule has 1 amide bonds. The molecule has 0 aliphatic carbocycles. The number of anilines is 1. The van der Waals surface area contributed by atoms with Gasteiger partial charge in [-0.15, -0.1) is 0 Å². The second-order valence-electron chi connectivity index (χ2n) is 6.91. The van der Waals surface area contributed by atoms with Gasteiger partial charge in [-0.2, -0.15) is 0 Å². The fourth-order valence-corrected chi connectivity index (χ4v) is 3.68. The summed E-state index contributed by atoms with van der Waals surface area (Å²) in [6.45, 7) is 1.77. The zero-order valence-electron chi connectivity index (χ0n) is 16.8. The molecular formula is C21H22FN3O4S. The van der Waals surface area contributed by atoms with E-state index in [9.17, 15) is 17.6 Å². The molecule has 0 aliphatic heterocycles. The Bertz CT molecular complexity index is 1170. The standard InChI is InChI=1S/C21H22FN3O4S/c1-14-8-9-15(30(27,28)25(2)3)12-18(14)24-20(26)10-11-21-23-13-19(29-21)16-6-4-5-7-17(16)22/h4-9,12-13H,10-11H2,1-3H3,(H,24,26). The van der Waals surface area contributed by atoms with Crippen molar-refractivity contribution >= 4 is 21.6 Å². The van der Waals surface area contributed by atoms with Gasteiger partial charge in [0.15, 0.2) is 11.7 Å². The molecule has 0 saturated heterocycles. The third-order valence-corrected chi connectivity index (χ3v) is 6.33.